The number of ether oxygens (including phenoxy) is 2. The number of hydrogen-bond donors (Lipinski definition) is 0. The molecule has 1 aromatic carbocycles. The summed E-state index contributed by atoms with van der Waals surface area (Å²) in [5.41, 5.74) is 0.0240. The fourth-order valence-corrected chi connectivity index (χ4v) is 3.41. The van der Waals surface area contributed by atoms with E-state index in [1.54, 1.807) is 13.1 Å². The van der Waals surface area contributed by atoms with Gasteiger partial charge in [-0.3, -0.25) is 4.79 Å². The Morgan fingerprint density at radius 3 is 2.46 bits per heavy atom. The molecule has 1 saturated carbocycles. The third kappa shape index (κ3) is 5.35. The molecule has 1 atom stereocenters. The number of hydrogen-bond acceptors (Lipinski definition) is 5. The zero-order chi connectivity index (χ0) is 20.6. The molecule has 0 saturated heterocycles. The number of esters is 1. The van der Waals surface area contributed by atoms with Gasteiger partial charge in [0.1, 0.15) is 11.3 Å². The van der Waals surface area contributed by atoms with Crippen LogP contribution in [0.3, 0.4) is 0 Å². The number of nitrogens with zero attached hydrogens (tertiary/aromatic N) is 2. The molecule has 0 spiro atoms. The minimum absolute atomic E-state index is 0.355. The predicted octanol–water partition coefficient (Wildman–Crippen LogP) is 3.72. The predicted molar refractivity (Wildman–Crippen MR) is 106 cm³/mol. The third-order valence-corrected chi connectivity index (χ3v) is 5.11. The molecule has 0 aromatic heterocycles. The Morgan fingerprint density at radius 2 is 1.89 bits per heavy atom. The molecule has 0 radical (unpaired) electrons. The molecule has 1 aliphatic carbocycles. The van der Waals surface area contributed by atoms with Crippen LogP contribution in [0.5, 0.6) is 5.75 Å². The zero-order valence-electron chi connectivity index (χ0n) is 16.8. The first-order chi connectivity index (χ1) is 13.4. The largest absolute Gasteiger partial charge is 0.494 e. The van der Waals surface area contributed by atoms with Crippen LogP contribution in [-0.4, -0.2) is 42.1 Å². The fourth-order valence-electron chi connectivity index (χ4n) is 3.41. The molecule has 0 unspecified atom stereocenters. The van der Waals surface area contributed by atoms with E-state index in [0.717, 1.165) is 30.6 Å². The van der Waals surface area contributed by atoms with Crippen molar-refractivity contribution in [1.29, 1.82) is 5.26 Å². The lowest BCUT2D eigenvalue weighted by Gasteiger charge is -2.39. The van der Waals surface area contributed by atoms with Gasteiger partial charge in [0.15, 0.2) is 6.10 Å². The van der Waals surface area contributed by atoms with Crippen LogP contribution in [0.15, 0.2) is 30.3 Å². The molecular formula is C22H28N2O4. The number of carbonyl (C=O) groups is 2. The van der Waals surface area contributed by atoms with E-state index in [4.69, 9.17) is 9.47 Å². The van der Waals surface area contributed by atoms with Crippen molar-refractivity contribution in [2.24, 2.45) is 0 Å². The van der Waals surface area contributed by atoms with E-state index in [1.165, 1.54) is 17.9 Å². The van der Waals surface area contributed by atoms with E-state index in [2.05, 4.69) is 6.07 Å². The second-order valence-corrected chi connectivity index (χ2v) is 7.02. The first-order valence-electron chi connectivity index (χ1n) is 9.72. The molecule has 1 aromatic rings. The number of nitriles is 1. The van der Waals surface area contributed by atoms with Gasteiger partial charge >= 0.3 is 5.97 Å². The monoisotopic (exact) mass is 384 g/mol. The Labute approximate surface area is 166 Å². The highest BCUT2D eigenvalue weighted by Crippen LogP contribution is 2.32. The van der Waals surface area contributed by atoms with Crippen molar-refractivity contribution in [1.82, 2.24) is 4.90 Å². The van der Waals surface area contributed by atoms with Crippen molar-refractivity contribution >= 4 is 18.0 Å². The normalized spacial score (nSPS) is 16.8. The molecule has 1 amide bonds. The van der Waals surface area contributed by atoms with E-state index in [9.17, 15) is 14.9 Å². The summed E-state index contributed by atoms with van der Waals surface area (Å²) in [4.78, 5) is 26.2. The Hall–Kier alpha value is -2.81. The Bertz CT molecular complexity index is 743. The maximum absolute atomic E-state index is 12.7. The van der Waals surface area contributed by atoms with E-state index < -0.39 is 17.6 Å². The summed E-state index contributed by atoms with van der Waals surface area (Å²) in [5.74, 6) is -0.192. The average Bonchev–Trinajstić information content (AvgIpc) is 2.72. The average molecular weight is 384 g/mol. The number of carbonyl (C=O) groups excluding carboxylic acids is 2. The Balaban J connectivity index is 1.93. The van der Waals surface area contributed by atoms with E-state index >= 15 is 0 Å². The summed E-state index contributed by atoms with van der Waals surface area (Å²) in [7, 11) is 1.62. The summed E-state index contributed by atoms with van der Waals surface area (Å²) in [6.45, 7) is 4.04. The minimum Gasteiger partial charge on any atom is -0.494 e. The van der Waals surface area contributed by atoms with E-state index in [1.807, 2.05) is 31.2 Å². The van der Waals surface area contributed by atoms with Gasteiger partial charge in [-0.05, 0) is 50.5 Å². The standard InChI is InChI=1S/C22H28N2O4/c1-4-27-19-11-8-18(9-12-19)10-13-20(25)28-17(2)21(26)24(3)22(16-23)14-6-5-7-15-22/h8-13,17H,4-7,14-15H2,1-3H3/b13-10+/t17-/m0/s1. The summed E-state index contributed by atoms with van der Waals surface area (Å²) in [5, 5.41) is 9.62. The summed E-state index contributed by atoms with van der Waals surface area (Å²) < 4.78 is 10.6. The molecule has 6 nitrogen and oxygen atoms in total. The number of amides is 1. The molecule has 0 N–H and O–H groups in total. The Morgan fingerprint density at radius 1 is 1.25 bits per heavy atom. The SMILES string of the molecule is CCOc1ccc(/C=C/C(=O)O[C@@H](C)C(=O)N(C)C2(C#N)CCCCC2)cc1. The smallest absolute Gasteiger partial charge is 0.331 e. The van der Waals surface area contributed by atoms with Gasteiger partial charge in [-0.1, -0.05) is 31.4 Å². The highest BCUT2D eigenvalue weighted by atomic mass is 16.5. The molecular weight excluding hydrogens is 356 g/mol. The van der Waals surface area contributed by atoms with Crippen molar-refractivity contribution in [3.8, 4) is 11.8 Å². The van der Waals surface area contributed by atoms with E-state index in [-0.39, 0.29) is 5.91 Å². The van der Waals surface area contributed by atoms with E-state index in [0.29, 0.717) is 19.4 Å². The highest BCUT2D eigenvalue weighted by molar-refractivity contribution is 5.90. The summed E-state index contributed by atoms with van der Waals surface area (Å²) >= 11 is 0. The first-order valence-corrected chi connectivity index (χ1v) is 9.72. The molecule has 6 heteroatoms. The molecule has 150 valence electrons. The molecule has 1 fully saturated rings. The Kier molecular flexibility index (Phi) is 7.62. The summed E-state index contributed by atoms with van der Waals surface area (Å²) in [6, 6.07) is 9.61. The molecule has 0 bridgehead atoms. The number of likely N-dealkylation sites (N-methyl/N-ethyl adjacent to an activating group) is 1. The van der Waals surface area contributed by atoms with Crippen LogP contribution >= 0.6 is 0 Å². The lowest BCUT2D eigenvalue weighted by atomic mass is 9.81. The second kappa shape index (κ2) is 9.93. The third-order valence-electron chi connectivity index (χ3n) is 5.11. The maximum Gasteiger partial charge on any atom is 0.331 e. The van der Waals surface area contributed by atoms with Crippen LogP contribution in [0, 0.1) is 11.3 Å². The number of rotatable bonds is 7. The topological polar surface area (TPSA) is 79.6 Å². The first kappa shape index (κ1) is 21.5. The summed E-state index contributed by atoms with van der Waals surface area (Å²) in [6.07, 6.45) is 6.20. The highest BCUT2D eigenvalue weighted by Gasteiger charge is 2.40. The van der Waals surface area contributed by atoms with Crippen molar-refractivity contribution < 1.29 is 19.1 Å². The van der Waals surface area contributed by atoms with Crippen LogP contribution in [-0.2, 0) is 14.3 Å². The zero-order valence-corrected chi connectivity index (χ0v) is 16.8. The molecule has 0 aliphatic heterocycles. The van der Waals surface area contributed by atoms with Crippen LogP contribution < -0.4 is 4.74 Å². The van der Waals surface area contributed by atoms with Crippen molar-refractivity contribution in [2.75, 3.05) is 13.7 Å². The van der Waals surface area contributed by atoms with Gasteiger partial charge in [0, 0.05) is 13.1 Å². The van der Waals surface area contributed by atoms with Crippen molar-refractivity contribution in [2.45, 2.75) is 57.6 Å². The molecule has 2 rings (SSSR count). The van der Waals surface area contributed by atoms with Gasteiger partial charge in [-0.2, -0.15) is 5.26 Å². The number of benzene rings is 1. The lowest BCUT2D eigenvalue weighted by Crippen LogP contribution is -2.53. The van der Waals surface area contributed by atoms with Crippen LogP contribution in [0.2, 0.25) is 0 Å². The quantitative estimate of drug-likeness (QED) is 0.529. The van der Waals surface area contributed by atoms with Crippen LogP contribution in [0.25, 0.3) is 6.08 Å². The lowest BCUT2D eigenvalue weighted by molar-refractivity contribution is -0.157. The van der Waals surface area contributed by atoms with Gasteiger partial charge in [0.05, 0.1) is 12.7 Å². The van der Waals surface area contributed by atoms with Crippen LogP contribution in [0.1, 0.15) is 51.5 Å². The molecule has 28 heavy (non-hydrogen) atoms. The molecule has 1 aliphatic rings. The fraction of sp³-hybridized carbons (Fsp3) is 0.500. The van der Waals surface area contributed by atoms with Gasteiger partial charge in [-0.25, -0.2) is 4.79 Å². The minimum atomic E-state index is -0.949. The maximum atomic E-state index is 12.7. The van der Waals surface area contributed by atoms with Gasteiger partial charge in [-0.15, -0.1) is 0 Å². The van der Waals surface area contributed by atoms with Gasteiger partial charge in [0.25, 0.3) is 5.91 Å². The molecule has 0 heterocycles. The van der Waals surface area contributed by atoms with Gasteiger partial charge in [0.2, 0.25) is 0 Å². The van der Waals surface area contributed by atoms with Gasteiger partial charge < -0.3 is 14.4 Å². The second-order valence-electron chi connectivity index (χ2n) is 7.02. The van der Waals surface area contributed by atoms with Crippen molar-refractivity contribution in [3.63, 3.8) is 0 Å². The van der Waals surface area contributed by atoms with Crippen molar-refractivity contribution in [3.05, 3.63) is 35.9 Å². The van der Waals surface area contributed by atoms with Crippen LogP contribution in [0.4, 0.5) is 0 Å².